The summed E-state index contributed by atoms with van der Waals surface area (Å²) < 4.78 is 7.26. The number of rotatable bonds is 7. The molecule has 3 aliphatic heterocycles. The monoisotopic (exact) mass is 753 g/mol. The van der Waals surface area contributed by atoms with Crippen molar-refractivity contribution in [3.05, 3.63) is 218 Å². The second-order valence-electron chi connectivity index (χ2n) is 15.3. The molecule has 9 aromatic carbocycles. The third-order valence-electron chi connectivity index (χ3n) is 11.9. The molecule has 59 heavy (non-hydrogen) atoms. The van der Waals surface area contributed by atoms with Gasteiger partial charge in [-0.25, -0.2) is 0 Å². The van der Waals surface area contributed by atoms with E-state index in [0.717, 1.165) is 84.9 Å². The lowest BCUT2D eigenvalue weighted by atomic mass is 9.32. The molecule has 0 radical (unpaired) electrons. The smallest absolute Gasteiger partial charge is 0.261 e. The van der Waals surface area contributed by atoms with Crippen LogP contribution in [0.3, 0.4) is 0 Å². The van der Waals surface area contributed by atoms with Crippen molar-refractivity contribution in [1.29, 1.82) is 0 Å². The molecule has 0 unspecified atom stereocenters. The van der Waals surface area contributed by atoms with Gasteiger partial charge in [-0.15, -0.1) is 0 Å². The maximum atomic E-state index is 7.26. The molecular weight excluding hydrogens is 717 g/mol. The van der Waals surface area contributed by atoms with Crippen LogP contribution in [0, 0.1) is 0 Å². The Kier molecular flexibility index (Phi) is 7.60. The van der Waals surface area contributed by atoms with Crippen molar-refractivity contribution in [2.45, 2.75) is 0 Å². The van der Waals surface area contributed by atoms with Crippen LogP contribution in [-0.4, -0.2) is 6.71 Å². The summed E-state index contributed by atoms with van der Waals surface area (Å²) in [5, 5.41) is 0. The molecular formula is C54H36BN3O. The Morgan fingerprint density at radius 2 is 0.678 bits per heavy atom. The number of para-hydroxylation sites is 4. The Labute approximate surface area is 344 Å². The Balaban J connectivity index is 1.23. The molecule has 0 N–H and O–H groups in total. The molecule has 0 fully saturated rings. The maximum absolute atomic E-state index is 7.26. The zero-order valence-corrected chi connectivity index (χ0v) is 32.1. The first-order valence-corrected chi connectivity index (χ1v) is 20.2. The summed E-state index contributed by atoms with van der Waals surface area (Å²) in [6.07, 6.45) is 0. The van der Waals surface area contributed by atoms with Crippen LogP contribution < -0.4 is 35.8 Å². The molecule has 12 rings (SSSR count). The highest BCUT2D eigenvalue weighted by Gasteiger charge is 2.49. The van der Waals surface area contributed by atoms with Crippen LogP contribution in [0.25, 0.3) is 22.3 Å². The number of anilines is 9. The summed E-state index contributed by atoms with van der Waals surface area (Å²) in [6, 6.07) is 78.5. The number of ether oxygens (including phenoxy) is 1. The predicted octanol–water partition coefficient (Wildman–Crippen LogP) is 12.7. The van der Waals surface area contributed by atoms with E-state index in [4.69, 9.17) is 4.74 Å². The molecule has 5 heteroatoms. The van der Waals surface area contributed by atoms with Crippen molar-refractivity contribution < 1.29 is 4.74 Å². The number of hydrogen-bond donors (Lipinski definition) is 0. The minimum absolute atomic E-state index is 0.0747. The fraction of sp³-hybridized carbons (Fsp3) is 0. The van der Waals surface area contributed by atoms with Crippen molar-refractivity contribution >= 4 is 74.3 Å². The highest BCUT2D eigenvalue weighted by Crippen LogP contribution is 2.52. The van der Waals surface area contributed by atoms with E-state index in [9.17, 15) is 0 Å². The van der Waals surface area contributed by atoms with E-state index in [1.54, 1.807) is 0 Å². The topological polar surface area (TPSA) is 19.0 Å². The van der Waals surface area contributed by atoms with Gasteiger partial charge in [0, 0.05) is 45.5 Å². The van der Waals surface area contributed by atoms with Crippen LogP contribution in [0.1, 0.15) is 0 Å². The summed E-state index contributed by atoms with van der Waals surface area (Å²) in [7, 11) is 0. The van der Waals surface area contributed by atoms with Crippen LogP contribution in [0.15, 0.2) is 218 Å². The van der Waals surface area contributed by atoms with Crippen LogP contribution in [0.4, 0.5) is 51.2 Å². The molecule has 276 valence electrons. The van der Waals surface area contributed by atoms with Crippen LogP contribution >= 0.6 is 0 Å². The summed E-state index contributed by atoms with van der Waals surface area (Å²) in [5.41, 5.74) is 18.1. The molecule has 3 heterocycles. The minimum atomic E-state index is -0.0747. The highest BCUT2D eigenvalue weighted by molar-refractivity contribution is 7.01. The van der Waals surface area contributed by atoms with Gasteiger partial charge in [-0.2, -0.15) is 0 Å². The normalized spacial score (nSPS) is 12.8. The fourth-order valence-electron chi connectivity index (χ4n) is 9.46. The Morgan fingerprint density at radius 1 is 0.322 bits per heavy atom. The molecule has 0 spiro atoms. The molecule has 0 saturated carbocycles. The lowest BCUT2D eigenvalue weighted by Crippen LogP contribution is -2.63. The van der Waals surface area contributed by atoms with Gasteiger partial charge in [-0.3, -0.25) is 0 Å². The quantitative estimate of drug-likeness (QED) is 0.151. The summed E-state index contributed by atoms with van der Waals surface area (Å²) in [5.74, 6) is 1.78. The molecule has 0 saturated heterocycles. The lowest BCUT2D eigenvalue weighted by molar-refractivity contribution is 0.488. The van der Waals surface area contributed by atoms with Gasteiger partial charge in [0.25, 0.3) is 6.71 Å². The minimum Gasteiger partial charge on any atom is -0.458 e. The SMILES string of the molecule is c1ccc(-c2cc3c4c(c2)N(c2ccccc2)c2cc(N(c5ccccc5)c5ccccc5)cc5c2B4c2c(cc(-c4ccccc4)cc2N5c2ccccc2)O3)cc1. The van der Waals surface area contributed by atoms with Crippen molar-refractivity contribution in [2.75, 3.05) is 14.7 Å². The Bertz CT molecular complexity index is 2820. The van der Waals surface area contributed by atoms with Crippen LogP contribution in [-0.2, 0) is 0 Å². The van der Waals surface area contributed by atoms with Gasteiger partial charge < -0.3 is 19.4 Å². The second-order valence-corrected chi connectivity index (χ2v) is 15.3. The average Bonchev–Trinajstić information content (AvgIpc) is 3.30. The Hall–Kier alpha value is -7.76. The number of hydrogen-bond acceptors (Lipinski definition) is 4. The lowest BCUT2D eigenvalue weighted by Gasteiger charge is -2.47. The van der Waals surface area contributed by atoms with Crippen molar-refractivity contribution in [3.63, 3.8) is 0 Å². The van der Waals surface area contributed by atoms with E-state index in [1.807, 2.05) is 0 Å². The first kappa shape index (κ1) is 33.4. The third kappa shape index (κ3) is 5.32. The zero-order valence-electron chi connectivity index (χ0n) is 32.1. The largest absolute Gasteiger partial charge is 0.458 e. The maximum Gasteiger partial charge on any atom is 0.261 e. The van der Waals surface area contributed by atoms with Crippen LogP contribution in [0.2, 0.25) is 0 Å². The van der Waals surface area contributed by atoms with E-state index in [0.29, 0.717) is 0 Å². The van der Waals surface area contributed by atoms with E-state index >= 15 is 0 Å². The van der Waals surface area contributed by atoms with E-state index in [-0.39, 0.29) is 6.71 Å². The summed E-state index contributed by atoms with van der Waals surface area (Å²) in [6.45, 7) is -0.0747. The van der Waals surface area contributed by atoms with Gasteiger partial charge in [-0.05, 0) is 124 Å². The van der Waals surface area contributed by atoms with Gasteiger partial charge in [0.05, 0.1) is 5.69 Å². The Morgan fingerprint density at radius 3 is 1.08 bits per heavy atom. The van der Waals surface area contributed by atoms with E-state index in [1.165, 1.54) is 16.4 Å². The average molecular weight is 754 g/mol. The van der Waals surface area contributed by atoms with Gasteiger partial charge >= 0.3 is 0 Å². The molecule has 0 aromatic heterocycles. The van der Waals surface area contributed by atoms with E-state index < -0.39 is 0 Å². The number of benzene rings is 9. The van der Waals surface area contributed by atoms with E-state index in [2.05, 4.69) is 233 Å². The standard InChI is InChI=1S/C54H36BN3O/c1-7-19-37(20-8-1)39-31-46-53-50(33-39)59-51-34-40(38-21-9-2-10-22-38)32-47-54(51)55(53)52-48(57(46)43-27-15-5-16-28-43)35-45(36-49(52)58(47)44-29-17-6-18-30-44)56(41-23-11-3-12-24-41)42-25-13-4-14-26-42/h1-36H. The third-order valence-corrected chi connectivity index (χ3v) is 11.9. The summed E-state index contributed by atoms with van der Waals surface area (Å²) in [4.78, 5) is 7.33. The van der Waals surface area contributed by atoms with Crippen molar-refractivity contribution in [3.8, 4) is 33.8 Å². The first-order valence-electron chi connectivity index (χ1n) is 20.2. The van der Waals surface area contributed by atoms with Crippen LogP contribution in [0.5, 0.6) is 11.5 Å². The first-order chi connectivity index (χ1) is 29.3. The highest BCUT2D eigenvalue weighted by atomic mass is 16.5. The van der Waals surface area contributed by atoms with Crippen molar-refractivity contribution in [1.82, 2.24) is 0 Å². The predicted molar refractivity (Wildman–Crippen MR) is 246 cm³/mol. The molecule has 0 bridgehead atoms. The molecule has 3 aliphatic rings. The fourth-order valence-corrected chi connectivity index (χ4v) is 9.46. The molecule has 9 aromatic rings. The molecule has 4 nitrogen and oxygen atoms in total. The van der Waals surface area contributed by atoms with Gasteiger partial charge in [-0.1, -0.05) is 133 Å². The van der Waals surface area contributed by atoms with Crippen molar-refractivity contribution in [2.24, 2.45) is 0 Å². The van der Waals surface area contributed by atoms with Gasteiger partial charge in [0.1, 0.15) is 11.5 Å². The van der Waals surface area contributed by atoms with Gasteiger partial charge in [0.15, 0.2) is 0 Å². The summed E-state index contributed by atoms with van der Waals surface area (Å²) >= 11 is 0. The molecule has 0 amide bonds. The second kappa shape index (κ2) is 13.4. The molecule has 0 atom stereocenters. The zero-order chi connectivity index (χ0) is 38.9. The van der Waals surface area contributed by atoms with Gasteiger partial charge in [0.2, 0.25) is 0 Å². The molecule has 0 aliphatic carbocycles. The number of nitrogens with zero attached hydrogens (tertiary/aromatic N) is 3.